The van der Waals surface area contributed by atoms with Crippen LogP contribution in [0.15, 0.2) is 28.7 Å². The smallest absolute Gasteiger partial charge is 0.137 e. The summed E-state index contributed by atoms with van der Waals surface area (Å²) in [4.78, 5) is 0. The molecule has 2 nitrogen and oxygen atoms in total. The molecule has 0 spiro atoms. The number of piperidine rings is 1. The molecular weight excluding hydrogens is 210 g/mol. The molecule has 2 heteroatoms. The average Bonchev–Trinajstić information content (AvgIpc) is 2.70. The van der Waals surface area contributed by atoms with E-state index >= 15 is 0 Å². The molecule has 17 heavy (non-hydrogen) atoms. The normalized spacial score (nSPS) is 25.3. The Morgan fingerprint density at radius 3 is 3.06 bits per heavy atom. The molecule has 1 N–H and O–H groups in total. The first-order chi connectivity index (χ1) is 8.25. The van der Waals surface area contributed by atoms with Crippen molar-refractivity contribution in [1.29, 1.82) is 0 Å². The Balaban J connectivity index is 2.09. The van der Waals surface area contributed by atoms with Gasteiger partial charge >= 0.3 is 0 Å². The van der Waals surface area contributed by atoms with Crippen molar-refractivity contribution in [2.45, 2.75) is 26.2 Å². The van der Waals surface area contributed by atoms with Gasteiger partial charge in [0.05, 0.1) is 0 Å². The van der Waals surface area contributed by atoms with Crippen molar-refractivity contribution in [2.24, 2.45) is 5.92 Å². The van der Waals surface area contributed by atoms with Crippen LogP contribution in [0, 0.1) is 12.8 Å². The molecule has 2 atom stereocenters. The number of para-hydroxylation sites is 1. The molecule has 1 saturated heterocycles. The molecule has 0 unspecified atom stereocenters. The van der Waals surface area contributed by atoms with Crippen molar-refractivity contribution in [3.05, 3.63) is 35.6 Å². The largest absolute Gasteiger partial charge is 0.461 e. The lowest BCUT2D eigenvalue weighted by atomic mass is 9.82. The second-order valence-electron chi connectivity index (χ2n) is 5.20. The first kappa shape index (κ1) is 10.8. The topological polar surface area (TPSA) is 25.2 Å². The summed E-state index contributed by atoms with van der Waals surface area (Å²) in [5, 5.41) is 4.70. The highest BCUT2D eigenvalue weighted by molar-refractivity contribution is 5.81. The van der Waals surface area contributed by atoms with Gasteiger partial charge in [-0.05, 0) is 49.9 Å². The molecule has 0 bridgehead atoms. The number of fused-ring (bicyclic) bond motifs is 1. The summed E-state index contributed by atoms with van der Waals surface area (Å²) in [6.45, 7) is 6.58. The van der Waals surface area contributed by atoms with Gasteiger partial charge in [-0.1, -0.05) is 25.1 Å². The van der Waals surface area contributed by atoms with Gasteiger partial charge < -0.3 is 9.73 Å². The molecule has 1 fully saturated rings. The molecule has 1 aromatic carbocycles. The van der Waals surface area contributed by atoms with Gasteiger partial charge in [-0.15, -0.1) is 0 Å². The Morgan fingerprint density at radius 1 is 1.35 bits per heavy atom. The number of furan rings is 1. The van der Waals surface area contributed by atoms with Crippen LogP contribution in [0.2, 0.25) is 0 Å². The van der Waals surface area contributed by atoms with E-state index in [2.05, 4.69) is 36.5 Å². The molecular formula is C15H19NO. The summed E-state index contributed by atoms with van der Waals surface area (Å²) in [6.07, 6.45) is 1.21. The fourth-order valence-corrected chi connectivity index (χ4v) is 2.98. The van der Waals surface area contributed by atoms with Crippen LogP contribution in [0.25, 0.3) is 11.0 Å². The first-order valence-corrected chi connectivity index (χ1v) is 6.45. The van der Waals surface area contributed by atoms with Gasteiger partial charge in [0.1, 0.15) is 11.3 Å². The van der Waals surface area contributed by atoms with Crippen molar-refractivity contribution in [3.63, 3.8) is 0 Å². The zero-order chi connectivity index (χ0) is 11.8. The van der Waals surface area contributed by atoms with Gasteiger partial charge in [0.15, 0.2) is 0 Å². The second-order valence-corrected chi connectivity index (χ2v) is 5.20. The van der Waals surface area contributed by atoms with Crippen molar-refractivity contribution in [2.75, 3.05) is 13.1 Å². The summed E-state index contributed by atoms with van der Waals surface area (Å²) in [7, 11) is 0. The van der Waals surface area contributed by atoms with E-state index in [1.165, 1.54) is 17.4 Å². The minimum atomic E-state index is 0.630. The van der Waals surface area contributed by atoms with Crippen molar-refractivity contribution in [1.82, 2.24) is 5.32 Å². The Bertz CT molecular complexity index is 529. The maximum absolute atomic E-state index is 5.88. The fraction of sp³-hybridized carbons (Fsp3) is 0.467. The van der Waals surface area contributed by atoms with E-state index in [0.29, 0.717) is 11.8 Å². The Labute approximate surface area is 102 Å². The quantitative estimate of drug-likeness (QED) is 0.810. The van der Waals surface area contributed by atoms with E-state index in [9.17, 15) is 0 Å². The second kappa shape index (κ2) is 4.19. The number of aryl methyl sites for hydroxylation is 1. The zero-order valence-electron chi connectivity index (χ0n) is 10.5. The summed E-state index contributed by atoms with van der Waals surface area (Å²) in [6, 6.07) is 8.66. The molecule has 2 heterocycles. The third-order valence-corrected chi connectivity index (χ3v) is 3.88. The molecule has 3 rings (SSSR count). The van der Waals surface area contributed by atoms with E-state index in [1.807, 2.05) is 6.92 Å². The van der Waals surface area contributed by atoms with Crippen LogP contribution in [0.3, 0.4) is 0 Å². The monoisotopic (exact) mass is 229 g/mol. The molecule has 0 saturated carbocycles. The van der Waals surface area contributed by atoms with Crippen LogP contribution in [-0.4, -0.2) is 13.1 Å². The number of nitrogens with one attached hydrogen (secondary N) is 1. The Morgan fingerprint density at radius 2 is 2.24 bits per heavy atom. The predicted octanol–water partition coefficient (Wildman–Crippen LogP) is 3.45. The summed E-state index contributed by atoms with van der Waals surface area (Å²) in [5.74, 6) is 2.32. The fourth-order valence-electron chi connectivity index (χ4n) is 2.98. The molecule has 0 aliphatic carbocycles. The maximum atomic E-state index is 5.88. The predicted molar refractivity (Wildman–Crippen MR) is 70.3 cm³/mol. The first-order valence-electron chi connectivity index (χ1n) is 6.45. The van der Waals surface area contributed by atoms with Gasteiger partial charge in [-0.2, -0.15) is 0 Å². The lowest BCUT2D eigenvalue weighted by Crippen LogP contribution is -2.33. The van der Waals surface area contributed by atoms with Crippen molar-refractivity contribution in [3.8, 4) is 0 Å². The van der Waals surface area contributed by atoms with E-state index in [4.69, 9.17) is 4.42 Å². The SMILES string of the molecule is Cc1cc2cccc([C@H]3CCNC[C@H]3C)c2o1. The van der Waals surface area contributed by atoms with E-state index in [-0.39, 0.29) is 0 Å². The zero-order valence-corrected chi connectivity index (χ0v) is 10.5. The maximum Gasteiger partial charge on any atom is 0.137 e. The third-order valence-electron chi connectivity index (χ3n) is 3.88. The highest BCUT2D eigenvalue weighted by atomic mass is 16.3. The molecule has 1 aliphatic rings. The van der Waals surface area contributed by atoms with Crippen LogP contribution in [0.1, 0.15) is 30.6 Å². The van der Waals surface area contributed by atoms with Gasteiger partial charge in [0, 0.05) is 5.39 Å². The summed E-state index contributed by atoms with van der Waals surface area (Å²) < 4.78 is 5.88. The van der Waals surface area contributed by atoms with Crippen LogP contribution in [0.5, 0.6) is 0 Å². The van der Waals surface area contributed by atoms with E-state index < -0.39 is 0 Å². The number of benzene rings is 1. The van der Waals surface area contributed by atoms with Crippen LogP contribution in [-0.2, 0) is 0 Å². The minimum absolute atomic E-state index is 0.630. The van der Waals surface area contributed by atoms with Gasteiger partial charge in [0.25, 0.3) is 0 Å². The van der Waals surface area contributed by atoms with Crippen LogP contribution >= 0.6 is 0 Å². The number of hydrogen-bond donors (Lipinski definition) is 1. The van der Waals surface area contributed by atoms with Gasteiger partial charge in [-0.25, -0.2) is 0 Å². The Hall–Kier alpha value is -1.28. The molecule has 0 radical (unpaired) electrons. The minimum Gasteiger partial charge on any atom is -0.461 e. The van der Waals surface area contributed by atoms with Gasteiger partial charge in [-0.3, -0.25) is 0 Å². The van der Waals surface area contributed by atoms with E-state index in [0.717, 1.165) is 24.4 Å². The molecule has 2 aromatic rings. The van der Waals surface area contributed by atoms with Crippen molar-refractivity contribution < 1.29 is 4.42 Å². The average molecular weight is 229 g/mol. The lowest BCUT2D eigenvalue weighted by molar-refractivity contribution is 0.348. The highest BCUT2D eigenvalue weighted by Crippen LogP contribution is 2.35. The third kappa shape index (κ3) is 1.87. The Kier molecular flexibility index (Phi) is 2.67. The van der Waals surface area contributed by atoms with Crippen LogP contribution < -0.4 is 5.32 Å². The standard InChI is InChI=1S/C15H19NO/c1-10-9-16-7-6-13(10)14-5-3-4-12-8-11(2)17-15(12)14/h3-5,8,10,13,16H,6-7,9H2,1-2H3/t10-,13+/m1/s1. The molecule has 1 aromatic heterocycles. The lowest BCUT2D eigenvalue weighted by Gasteiger charge is -2.29. The molecule has 90 valence electrons. The molecule has 1 aliphatic heterocycles. The summed E-state index contributed by atoms with van der Waals surface area (Å²) >= 11 is 0. The van der Waals surface area contributed by atoms with Gasteiger partial charge in [0.2, 0.25) is 0 Å². The highest BCUT2D eigenvalue weighted by Gasteiger charge is 2.25. The number of hydrogen-bond acceptors (Lipinski definition) is 2. The molecule has 0 amide bonds. The number of rotatable bonds is 1. The summed E-state index contributed by atoms with van der Waals surface area (Å²) in [5.41, 5.74) is 2.49. The van der Waals surface area contributed by atoms with E-state index in [1.54, 1.807) is 0 Å². The van der Waals surface area contributed by atoms with Crippen LogP contribution in [0.4, 0.5) is 0 Å². The van der Waals surface area contributed by atoms with Crippen molar-refractivity contribution >= 4 is 11.0 Å².